The Morgan fingerprint density at radius 3 is 2.61 bits per heavy atom. The van der Waals surface area contributed by atoms with Crippen LogP contribution in [0.1, 0.15) is 40.0 Å². The van der Waals surface area contributed by atoms with Gasteiger partial charge in [-0.2, -0.15) is 0 Å². The van der Waals surface area contributed by atoms with Crippen molar-refractivity contribution in [1.82, 2.24) is 10.2 Å². The Morgan fingerprint density at radius 1 is 1.39 bits per heavy atom. The van der Waals surface area contributed by atoms with Gasteiger partial charge in [0.1, 0.15) is 0 Å². The average molecular weight is 256 g/mol. The van der Waals surface area contributed by atoms with Crippen molar-refractivity contribution in [3.63, 3.8) is 0 Å². The predicted octanol–water partition coefficient (Wildman–Crippen LogP) is 1.24. The summed E-state index contributed by atoms with van der Waals surface area (Å²) in [7, 11) is 0. The average Bonchev–Trinajstić information content (AvgIpc) is 2.37. The van der Waals surface area contributed by atoms with E-state index in [9.17, 15) is 4.79 Å². The van der Waals surface area contributed by atoms with Gasteiger partial charge in [0.15, 0.2) is 0 Å². The molecule has 2 N–H and O–H groups in total. The lowest BCUT2D eigenvalue weighted by atomic mass is 9.93. The number of aliphatic hydroxyl groups excluding tert-OH is 1. The fourth-order valence-electron chi connectivity index (χ4n) is 2.84. The fraction of sp³-hybridized carbons (Fsp3) is 0.929. The molecule has 0 aromatic carbocycles. The highest BCUT2D eigenvalue weighted by atomic mass is 16.3. The molecule has 1 aliphatic rings. The maximum Gasteiger partial charge on any atom is 0.225 e. The standard InChI is InChI=1S/C14H28N2O2/c1-4-12(5-2)14(18)16-9-11(3)8-13(10-16)15-6-7-17/h11-13,15,17H,4-10H2,1-3H3. The van der Waals surface area contributed by atoms with Gasteiger partial charge in [0.2, 0.25) is 5.91 Å². The summed E-state index contributed by atoms with van der Waals surface area (Å²) in [4.78, 5) is 14.4. The minimum absolute atomic E-state index is 0.158. The molecule has 1 rings (SSSR count). The third-order valence-corrected chi connectivity index (χ3v) is 3.85. The highest BCUT2D eigenvalue weighted by Gasteiger charge is 2.29. The van der Waals surface area contributed by atoms with Crippen LogP contribution in [0.5, 0.6) is 0 Å². The van der Waals surface area contributed by atoms with Crippen LogP contribution in [0.2, 0.25) is 0 Å². The quantitative estimate of drug-likeness (QED) is 0.752. The molecular weight excluding hydrogens is 228 g/mol. The van der Waals surface area contributed by atoms with Crippen LogP contribution < -0.4 is 5.32 Å². The van der Waals surface area contributed by atoms with Crippen molar-refractivity contribution in [2.24, 2.45) is 11.8 Å². The molecule has 0 saturated carbocycles. The first kappa shape index (κ1) is 15.4. The number of rotatable bonds is 6. The molecule has 4 nitrogen and oxygen atoms in total. The molecule has 1 fully saturated rings. The van der Waals surface area contributed by atoms with Crippen molar-refractivity contribution in [3.05, 3.63) is 0 Å². The molecule has 106 valence electrons. The van der Waals surface area contributed by atoms with Gasteiger partial charge in [-0.25, -0.2) is 0 Å². The summed E-state index contributed by atoms with van der Waals surface area (Å²) in [5, 5.41) is 12.2. The zero-order valence-electron chi connectivity index (χ0n) is 12.0. The first-order valence-electron chi connectivity index (χ1n) is 7.25. The summed E-state index contributed by atoms with van der Waals surface area (Å²) >= 11 is 0. The number of likely N-dealkylation sites (tertiary alicyclic amines) is 1. The smallest absolute Gasteiger partial charge is 0.225 e. The number of nitrogens with one attached hydrogen (secondary N) is 1. The molecule has 0 bridgehead atoms. The van der Waals surface area contributed by atoms with Crippen molar-refractivity contribution in [3.8, 4) is 0 Å². The van der Waals surface area contributed by atoms with E-state index in [2.05, 4.69) is 26.1 Å². The molecule has 0 radical (unpaired) electrons. The van der Waals surface area contributed by atoms with Crippen LogP contribution >= 0.6 is 0 Å². The van der Waals surface area contributed by atoms with Crippen LogP contribution in [-0.2, 0) is 4.79 Å². The van der Waals surface area contributed by atoms with Gasteiger partial charge in [0, 0.05) is 31.6 Å². The number of hydrogen-bond acceptors (Lipinski definition) is 3. The molecule has 0 spiro atoms. The van der Waals surface area contributed by atoms with Crippen LogP contribution in [0.25, 0.3) is 0 Å². The molecule has 1 saturated heterocycles. The zero-order valence-corrected chi connectivity index (χ0v) is 12.0. The lowest BCUT2D eigenvalue weighted by Crippen LogP contribution is -2.52. The van der Waals surface area contributed by atoms with Gasteiger partial charge in [-0.1, -0.05) is 20.8 Å². The summed E-state index contributed by atoms with van der Waals surface area (Å²) in [6, 6.07) is 0.333. The summed E-state index contributed by atoms with van der Waals surface area (Å²) in [6.45, 7) is 8.81. The largest absolute Gasteiger partial charge is 0.395 e. The van der Waals surface area contributed by atoms with Gasteiger partial charge in [-0.3, -0.25) is 4.79 Å². The molecule has 1 amide bonds. The van der Waals surface area contributed by atoms with Crippen LogP contribution in [-0.4, -0.2) is 48.2 Å². The molecule has 18 heavy (non-hydrogen) atoms. The van der Waals surface area contributed by atoms with Gasteiger partial charge in [-0.05, 0) is 25.2 Å². The van der Waals surface area contributed by atoms with E-state index in [1.165, 1.54) is 0 Å². The number of carbonyl (C=O) groups is 1. The molecule has 2 unspecified atom stereocenters. The van der Waals surface area contributed by atoms with E-state index < -0.39 is 0 Å². The van der Waals surface area contributed by atoms with Crippen LogP contribution in [0.3, 0.4) is 0 Å². The fourth-order valence-corrected chi connectivity index (χ4v) is 2.84. The summed E-state index contributed by atoms with van der Waals surface area (Å²) in [5.41, 5.74) is 0. The van der Waals surface area contributed by atoms with Crippen LogP contribution in [0, 0.1) is 11.8 Å². The minimum Gasteiger partial charge on any atom is -0.395 e. The Balaban J connectivity index is 2.56. The molecule has 0 aromatic heterocycles. The monoisotopic (exact) mass is 256 g/mol. The van der Waals surface area contributed by atoms with E-state index in [0.717, 1.165) is 32.4 Å². The second-order valence-corrected chi connectivity index (χ2v) is 5.47. The maximum atomic E-state index is 12.4. The molecule has 1 heterocycles. The number of piperidine rings is 1. The maximum absolute atomic E-state index is 12.4. The van der Waals surface area contributed by atoms with Gasteiger partial charge in [-0.15, -0.1) is 0 Å². The topological polar surface area (TPSA) is 52.6 Å². The Bertz CT molecular complexity index is 254. The number of amides is 1. The summed E-state index contributed by atoms with van der Waals surface area (Å²) in [5.74, 6) is 1.02. The summed E-state index contributed by atoms with van der Waals surface area (Å²) in [6.07, 6.45) is 2.94. The Morgan fingerprint density at radius 2 is 2.06 bits per heavy atom. The van der Waals surface area contributed by atoms with Crippen molar-refractivity contribution in [2.75, 3.05) is 26.2 Å². The highest BCUT2D eigenvalue weighted by molar-refractivity contribution is 5.78. The number of aliphatic hydroxyl groups is 1. The lowest BCUT2D eigenvalue weighted by molar-refractivity contribution is -0.138. The number of hydrogen-bond donors (Lipinski definition) is 2. The van der Waals surface area contributed by atoms with Crippen LogP contribution in [0.15, 0.2) is 0 Å². The third kappa shape index (κ3) is 4.25. The van der Waals surface area contributed by atoms with Crippen molar-refractivity contribution >= 4 is 5.91 Å². The Labute approximate surface area is 111 Å². The Kier molecular flexibility index (Phi) is 6.65. The molecule has 4 heteroatoms. The molecule has 2 atom stereocenters. The highest BCUT2D eigenvalue weighted by Crippen LogP contribution is 2.20. The first-order chi connectivity index (χ1) is 8.62. The SMILES string of the molecule is CCC(CC)C(=O)N1CC(C)CC(NCCO)C1. The van der Waals surface area contributed by atoms with E-state index >= 15 is 0 Å². The van der Waals surface area contributed by atoms with Gasteiger partial charge >= 0.3 is 0 Å². The summed E-state index contributed by atoms with van der Waals surface area (Å²) < 4.78 is 0. The van der Waals surface area contributed by atoms with Gasteiger partial charge < -0.3 is 15.3 Å². The van der Waals surface area contributed by atoms with E-state index in [1.807, 2.05) is 4.90 Å². The minimum atomic E-state index is 0.158. The second-order valence-electron chi connectivity index (χ2n) is 5.47. The van der Waals surface area contributed by atoms with E-state index in [0.29, 0.717) is 24.4 Å². The van der Waals surface area contributed by atoms with Gasteiger partial charge in [0.05, 0.1) is 6.61 Å². The molecule has 1 aliphatic heterocycles. The van der Waals surface area contributed by atoms with Crippen molar-refractivity contribution in [2.45, 2.75) is 46.1 Å². The Hall–Kier alpha value is -0.610. The van der Waals surface area contributed by atoms with Crippen LogP contribution in [0.4, 0.5) is 0 Å². The molecular formula is C14H28N2O2. The van der Waals surface area contributed by atoms with Crippen molar-refractivity contribution in [1.29, 1.82) is 0 Å². The zero-order chi connectivity index (χ0) is 13.5. The second kappa shape index (κ2) is 7.74. The normalized spacial score (nSPS) is 24.6. The third-order valence-electron chi connectivity index (χ3n) is 3.85. The number of carbonyl (C=O) groups excluding carboxylic acids is 1. The van der Waals surface area contributed by atoms with E-state index in [-0.39, 0.29) is 12.5 Å². The van der Waals surface area contributed by atoms with E-state index in [4.69, 9.17) is 5.11 Å². The lowest BCUT2D eigenvalue weighted by Gasteiger charge is -2.38. The van der Waals surface area contributed by atoms with Gasteiger partial charge in [0.25, 0.3) is 0 Å². The first-order valence-corrected chi connectivity index (χ1v) is 7.25. The van der Waals surface area contributed by atoms with Crippen molar-refractivity contribution < 1.29 is 9.90 Å². The van der Waals surface area contributed by atoms with E-state index in [1.54, 1.807) is 0 Å². The predicted molar refractivity (Wildman–Crippen MR) is 73.3 cm³/mol. The number of nitrogens with zero attached hydrogens (tertiary/aromatic N) is 1. The molecule has 0 aliphatic carbocycles. The molecule has 0 aromatic rings.